The average Bonchev–Trinajstić information content (AvgIpc) is 3.16. The lowest BCUT2D eigenvalue weighted by molar-refractivity contribution is 0.101. The van der Waals surface area contributed by atoms with Gasteiger partial charge in [-0.15, -0.1) is 0 Å². The number of aromatic nitrogens is 2. The van der Waals surface area contributed by atoms with E-state index in [9.17, 15) is 14.0 Å². The molecule has 2 heterocycles. The molecule has 2 aromatic carbocycles. The summed E-state index contributed by atoms with van der Waals surface area (Å²) in [6, 6.07) is 14.6. The number of amides is 1. The van der Waals surface area contributed by atoms with Gasteiger partial charge in [0.25, 0.3) is 5.91 Å². The van der Waals surface area contributed by atoms with Gasteiger partial charge < -0.3 is 14.3 Å². The molecular formula is C20H16FN3O3. The van der Waals surface area contributed by atoms with Crippen molar-refractivity contribution in [3.05, 3.63) is 76.7 Å². The van der Waals surface area contributed by atoms with Crippen LogP contribution in [0.5, 0.6) is 0 Å². The number of rotatable bonds is 3. The molecule has 4 aromatic rings. The summed E-state index contributed by atoms with van der Waals surface area (Å²) in [6.45, 7) is 0. The summed E-state index contributed by atoms with van der Waals surface area (Å²) in [5, 5.41) is 2.80. The number of hydrogen-bond donors (Lipinski definition) is 1. The Balaban J connectivity index is 1.62. The SMILES string of the molecule is Cn1c(C(=O)Nc2ccc3c(c2)oc(=O)n3C)ccc1-c1ccc(F)cc1. The third-order valence-corrected chi connectivity index (χ3v) is 4.54. The van der Waals surface area contributed by atoms with E-state index in [0.717, 1.165) is 11.3 Å². The minimum atomic E-state index is -0.458. The molecule has 2 aromatic heterocycles. The van der Waals surface area contributed by atoms with E-state index < -0.39 is 5.76 Å². The van der Waals surface area contributed by atoms with Crippen molar-refractivity contribution in [3.63, 3.8) is 0 Å². The Labute approximate surface area is 153 Å². The Morgan fingerprint density at radius 1 is 1.00 bits per heavy atom. The molecule has 136 valence electrons. The Bertz CT molecular complexity index is 1220. The van der Waals surface area contributed by atoms with Crippen LogP contribution < -0.4 is 11.1 Å². The van der Waals surface area contributed by atoms with Crippen molar-refractivity contribution < 1.29 is 13.6 Å². The van der Waals surface area contributed by atoms with Crippen molar-refractivity contribution in [2.45, 2.75) is 0 Å². The van der Waals surface area contributed by atoms with Crippen molar-refractivity contribution in [3.8, 4) is 11.3 Å². The molecule has 1 N–H and O–H groups in total. The molecule has 0 bridgehead atoms. The van der Waals surface area contributed by atoms with E-state index in [1.807, 2.05) is 6.07 Å². The maximum Gasteiger partial charge on any atom is 0.419 e. The molecule has 0 aliphatic heterocycles. The lowest BCUT2D eigenvalue weighted by atomic mass is 10.1. The highest BCUT2D eigenvalue weighted by atomic mass is 19.1. The first kappa shape index (κ1) is 16.8. The fourth-order valence-corrected chi connectivity index (χ4v) is 3.06. The maximum absolute atomic E-state index is 13.1. The molecule has 7 heteroatoms. The van der Waals surface area contributed by atoms with Crippen LogP contribution >= 0.6 is 0 Å². The van der Waals surface area contributed by atoms with E-state index in [1.165, 1.54) is 16.7 Å². The predicted octanol–water partition coefficient (Wildman–Crippen LogP) is 3.53. The summed E-state index contributed by atoms with van der Waals surface area (Å²) >= 11 is 0. The number of nitrogens with one attached hydrogen (secondary N) is 1. The number of fused-ring (bicyclic) bond motifs is 1. The highest BCUT2D eigenvalue weighted by molar-refractivity contribution is 6.04. The summed E-state index contributed by atoms with van der Waals surface area (Å²) < 4.78 is 21.4. The van der Waals surface area contributed by atoms with Crippen LogP contribution in [0.2, 0.25) is 0 Å². The van der Waals surface area contributed by atoms with Crippen LogP contribution in [0.3, 0.4) is 0 Å². The first-order chi connectivity index (χ1) is 12.9. The standard InChI is InChI=1S/C20H16FN3O3/c1-23-15(12-3-5-13(21)6-4-12)9-10-17(23)19(25)22-14-7-8-16-18(11-14)27-20(26)24(16)2/h3-11H,1-2H3,(H,22,25). The lowest BCUT2D eigenvalue weighted by Crippen LogP contribution is -2.15. The van der Waals surface area contributed by atoms with Crippen molar-refractivity contribution in [1.82, 2.24) is 9.13 Å². The first-order valence-corrected chi connectivity index (χ1v) is 8.26. The van der Waals surface area contributed by atoms with Gasteiger partial charge in [0, 0.05) is 31.5 Å². The third-order valence-electron chi connectivity index (χ3n) is 4.54. The van der Waals surface area contributed by atoms with Crippen LogP contribution in [-0.2, 0) is 14.1 Å². The fourth-order valence-electron chi connectivity index (χ4n) is 3.06. The number of carbonyl (C=O) groups is 1. The minimum Gasteiger partial charge on any atom is -0.408 e. The quantitative estimate of drug-likeness (QED) is 0.604. The van der Waals surface area contributed by atoms with E-state index >= 15 is 0 Å². The second-order valence-corrected chi connectivity index (χ2v) is 6.23. The van der Waals surface area contributed by atoms with E-state index in [2.05, 4.69) is 5.32 Å². The van der Waals surface area contributed by atoms with Crippen molar-refractivity contribution in [2.75, 3.05) is 5.32 Å². The number of oxazole rings is 1. The molecule has 1 amide bonds. The minimum absolute atomic E-state index is 0.302. The number of aryl methyl sites for hydroxylation is 1. The van der Waals surface area contributed by atoms with Crippen LogP contribution in [0.25, 0.3) is 22.4 Å². The van der Waals surface area contributed by atoms with Gasteiger partial charge in [-0.25, -0.2) is 9.18 Å². The molecule has 0 aliphatic carbocycles. The summed E-state index contributed by atoms with van der Waals surface area (Å²) in [5.74, 6) is -1.07. The van der Waals surface area contributed by atoms with Gasteiger partial charge >= 0.3 is 5.76 Å². The van der Waals surface area contributed by atoms with Crippen LogP contribution in [0.1, 0.15) is 10.5 Å². The monoisotopic (exact) mass is 365 g/mol. The Morgan fingerprint density at radius 3 is 2.48 bits per heavy atom. The zero-order valence-corrected chi connectivity index (χ0v) is 14.7. The molecule has 0 saturated carbocycles. The zero-order chi connectivity index (χ0) is 19.1. The number of hydrogen-bond acceptors (Lipinski definition) is 3. The van der Waals surface area contributed by atoms with Crippen LogP contribution in [0, 0.1) is 5.82 Å². The molecule has 6 nitrogen and oxygen atoms in total. The fraction of sp³-hybridized carbons (Fsp3) is 0.100. The zero-order valence-electron chi connectivity index (χ0n) is 14.7. The van der Waals surface area contributed by atoms with Gasteiger partial charge in [0.05, 0.1) is 5.52 Å². The number of benzene rings is 2. The molecule has 0 aliphatic rings. The Kier molecular flexibility index (Phi) is 3.92. The van der Waals surface area contributed by atoms with Gasteiger partial charge in [0.15, 0.2) is 5.58 Å². The highest BCUT2D eigenvalue weighted by Gasteiger charge is 2.15. The van der Waals surface area contributed by atoms with Gasteiger partial charge in [-0.05, 0) is 54.1 Å². The maximum atomic E-state index is 13.1. The van der Waals surface area contributed by atoms with Gasteiger partial charge in [0.2, 0.25) is 0 Å². The van der Waals surface area contributed by atoms with E-state index in [0.29, 0.717) is 22.5 Å². The molecule has 0 spiro atoms. The topological polar surface area (TPSA) is 69.2 Å². The molecule has 4 rings (SSSR count). The van der Waals surface area contributed by atoms with Gasteiger partial charge in [-0.1, -0.05) is 0 Å². The molecule has 0 atom stereocenters. The summed E-state index contributed by atoms with van der Waals surface area (Å²) in [7, 11) is 3.39. The largest absolute Gasteiger partial charge is 0.419 e. The van der Waals surface area contributed by atoms with Gasteiger partial charge in [-0.2, -0.15) is 0 Å². The third kappa shape index (κ3) is 2.93. The average molecular weight is 365 g/mol. The predicted molar refractivity (Wildman–Crippen MR) is 100 cm³/mol. The van der Waals surface area contributed by atoms with Crippen molar-refractivity contribution in [1.29, 1.82) is 0 Å². The molecule has 0 saturated heterocycles. The Morgan fingerprint density at radius 2 is 1.74 bits per heavy atom. The number of halogens is 1. The van der Waals surface area contributed by atoms with E-state index in [-0.39, 0.29) is 11.7 Å². The highest BCUT2D eigenvalue weighted by Crippen LogP contribution is 2.23. The van der Waals surface area contributed by atoms with Crippen LogP contribution in [0.4, 0.5) is 10.1 Å². The lowest BCUT2D eigenvalue weighted by Gasteiger charge is -2.09. The second kappa shape index (κ2) is 6.28. The molecular weight excluding hydrogens is 349 g/mol. The van der Waals surface area contributed by atoms with Crippen molar-refractivity contribution in [2.24, 2.45) is 14.1 Å². The first-order valence-electron chi connectivity index (χ1n) is 8.26. The van der Waals surface area contributed by atoms with Crippen LogP contribution in [-0.4, -0.2) is 15.0 Å². The number of anilines is 1. The molecule has 0 fully saturated rings. The molecule has 0 radical (unpaired) electrons. The summed E-state index contributed by atoms with van der Waals surface area (Å²) in [5.41, 5.74) is 3.63. The number of carbonyl (C=O) groups excluding carboxylic acids is 1. The van der Waals surface area contributed by atoms with E-state index in [4.69, 9.17) is 4.42 Å². The van der Waals surface area contributed by atoms with Crippen molar-refractivity contribution >= 4 is 22.7 Å². The normalized spacial score (nSPS) is 11.1. The number of nitrogens with zero attached hydrogens (tertiary/aromatic N) is 2. The summed E-state index contributed by atoms with van der Waals surface area (Å²) in [6.07, 6.45) is 0. The van der Waals surface area contributed by atoms with E-state index in [1.54, 1.807) is 55.1 Å². The Hall–Kier alpha value is -3.61. The molecule has 0 unspecified atom stereocenters. The van der Waals surface area contributed by atoms with Gasteiger partial charge in [-0.3, -0.25) is 9.36 Å². The smallest absolute Gasteiger partial charge is 0.408 e. The summed E-state index contributed by atoms with van der Waals surface area (Å²) in [4.78, 5) is 24.2. The second-order valence-electron chi connectivity index (χ2n) is 6.23. The van der Waals surface area contributed by atoms with Gasteiger partial charge in [0.1, 0.15) is 11.5 Å². The molecule has 27 heavy (non-hydrogen) atoms. The van der Waals surface area contributed by atoms with Crippen LogP contribution in [0.15, 0.2) is 63.8 Å².